The number of hydrogen-bond donors (Lipinski definition) is 1. The smallest absolute Gasteiger partial charge is 0.256 e. The van der Waals surface area contributed by atoms with Crippen molar-refractivity contribution < 1.29 is 17.1 Å². The molecule has 3 amide bonds. The third-order valence-corrected chi connectivity index (χ3v) is 3.01. The summed E-state index contributed by atoms with van der Waals surface area (Å²) in [6.45, 7) is -2.16. The molecular weight excluding hydrogens is 234 g/mol. The predicted molar refractivity (Wildman–Crippen MR) is 60.3 cm³/mol. The molecule has 3 heterocycles. The van der Waals surface area contributed by atoms with Crippen LogP contribution >= 0.6 is 0 Å². The summed E-state index contributed by atoms with van der Waals surface area (Å²) in [7, 11) is 0. The van der Waals surface area contributed by atoms with E-state index >= 15 is 0 Å². The van der Waals surface area contributed by atoms with E-state index in [0.717, 1.165) is 4.90 Å². The van der Waals surface area contributed by atoms with Crippen LogP contribution in [0.4, 0.5) is 0 Å². The second-order valence-corrected chi connectivity index (χ2v) is 4.15. The molecule has 2 aliphatic rings. The number of imide groups is 1. The highest BCUT2D eigenvalue weighted by Crippen LogP contribution is 2.25. The molecule has 2 aliphatic heterocycles. The van der Waals surface area contributed by atoms with Crippen molar-refractivity contribution in [1.29, 1.82) is 0 Å². The van der Waals surface area contributed by atoms with Crippen LogP contribution in [0.25, 0.3) is 0 Å². The van der Waals surface area contributed by atoms with Crippen LogP contribution in [0.5, 0.6) is 0 Å². The molecule has 6 heteroatoms. The number of nitrogens with zero attached hydrogens (tertiary/aromatic N) is 2. The molecule has 1 N–H and O–H groups in total. The van der Waals surface area contributed by atoms with E-state index in [1.165, 1.54) is 12.3 Å². The first-order valence-corrected chi connectivity index (χ1v) is 5.56. The van der Waals surface area contributed by atoms with Gasteiger partial charge in [0, 0.05) is 12.6 Å². The quantitative estimate of drug-likeness (QED) is 0.699. The summed E-state index contributed by atoms with van der Waals surface area (Å²) >= 11 is 0. The summed E-state index contributed by atoms with van der Waals surface area (Å²) in [5.74, 6) is -1.63. The van der Waals surface area contributed by atoms with Gasteiger partial charge in [0.15, 0.2) is 0 Å². The fraction of sp³-hybridized carbons (Fsp3) is 0.333. The van der Waals surface area contributed by atoms with Crippen molar-refractivity contribution in [2.45, 2.75) is 25.4 Å². The van der Waals surface area contributed by atoms with E-state index in [4.69, 9.17) is 2.74 Å². The second kappa shape index (κ2) is 3.90. The average molecular weight is 247 g/mol. The molecule has 1 saturated heterocycles. The highest BCUT2D eigenvalue weighted by Gasteiger charge is 2.39. The molecule has 92 valence electrons. The first-order chi connectivity index (χ1) is 9.43. The van der Waals surface area contributed by atoms with E-state index in [1.807, 2.05) is 0 Å². The lowest BCUT2D eigenvalue weighted by molar-refractivity contribution is -0.136. The summed E-state index contributed by atoms with van der Waals surface area (Å²) in [5, 5.41) is 2.13. The Morgan fingerprint density at radius 3 is 3.00 bits per heavy atom. The zero-order valence-corrected chi connectivity index (χ0v) is 9.34. The van der Waals surface area contributed by atoms with Gasteiger partial charge in [0.05, 0.1) is 20.5 Å². The number of rotatable bonds is 1. The van der Waals surface area contributed by atoms with Crippen molar-refractivity contribution in [2.24, 2.45) is 0 Å². The van der Waals surface area contributed by atoms with E-state index < -0.39 is 30.3 Å². The molecule has 0 spiro atoms. The van der Waals surface area contributed by atoms with Gasteiger partial charge in [-0.25, -0.2) is 0 Å². The number of aromatic nitrogens is 1. The van der Waals surface area contributed by atoms with Gasteiger partial charge in [0.25, 0.3) is 5.91 Å². The van der Waals surface area contributed by atoms with Crippen LogP contribution in [0.1, 0.15) is 31.6 Å². The summed E-state index contributed by atoms with van der Waals surface area (Å²) in [5.41, 5.74) is 0.164. The van der Waals surface area contributed by atoms with Gasteiger partial charge in [-0.2, -0.15) is 0 Å². The second-order valence-electron chi connectivity index (χ2n) is 4.15. The Bertz CT molecular complexity index is 632. The number of piperidine rings is 1. The normalized spacial score (nSPS) is 27.4. The van der Waals surface area contributed by atoms with Crippen LogP contribution in [0.15, 0.2) is 18.3 Å². The van der Waals surface area contributed by atoms with Gasteiger partial charge >= 0.3 is 0 Å². The van der Waals surface area contributed by atoms with Gasteiger partial charge < -0.3 is 4.90 Å². The Morgan fingerprint density at radius 2 is 2.28 bits per heavy atom. The monoisotopic (exact) mass is 247 g/mol. The molecule has 3 rings (SSSR count). The number of hydrogen-bond acceptors (Lipinski definition) is 4. The van der Waals surface area contributed by atoms with Gasteiger partial charge in [-0.05, 0) is 18.6 Å². The standard InChI is InChI=1S/C12H11N3O3/c16-10-4-3-9(11(17)14-10)15-6-8-7(12(15)18)2-1-5-13-8/h1-2,5,9H,3-4,6H2,(H,14,16,17)/i6D2. The molecule has 18 heavy (non-hydrogen) atoms. The van der Waals surface area contributed by atoms with Crippen molar-refractivity contribution in [1.82, 2.24) is 15.2 Å². The summed E-state index contributed by atoms with van der Waals surface area (Å²) < 4.78 is 16.2. The van der Waals surface area contributed by atoms with E-state index in [-0.39, 0.29) is 24.1 Å². The van der Waals surface area contributed by atoms with Crippen LogP contribution in [0.3, 0.4) is 0 Å². The van der Waals surface area contributed by atoms with Gasteiger partial charge in [-0.1, -0.05) is 0 Å². The molecule has 1 atom stereocenters. The molecule has 1 aromatic heterocycles. The maximum Gasteiger partial charge on any atom is 0.256 e. The third kappa shape index (κ3) is 1.57. The van der Waals surface area contributed by atoms with Gasteiger partial charge in [-0.3, -0.25) is 24.7 Å². The first kappa shape index (κ1) is 8.79. The van der Waals surface area contributed by atoms with Crippen LogP contribution in [-0.4, -0.2) is 33.6 Å². The molecule has 0 saturated carbocycles. The lowest BCUT2D eigenvalue weighted by atomic mass is 10.0. The molecule has 0 aromatic carbocycles. The molecule has 1 unspecified atom stereocenters. The highest BCUT2D eigenvalue weighted by molar-refractivity contribution is 6.05. The van der Waals surface area contributed by atoms with Crippen molar-refractivity contribution in [3.05, 3.63) is 29.6 Å². The number of pyridine rings is 1. The third-order valence-electron chi connectivity index (χ3n) is 3.01. The maximum atomic E-state index is 12.3. The number of fused-ring (bicyclic) bond motifs is 1. The van der Waals surface area contributed by atoms with Crippen LogP contribution in [0, 0.1) is 0 Å². The Hall–Kier alpha value is -2.24. The molecule has 1 fully saturated rings. The highest BCUT2D eigenvalue weighted by atomic mass is 16.2. The average Bonchev–Trinajstić information content (AvgIpc) is 2.60. The Kier molecular flexibility index (Phi) is 1.91. The minimum absolute atomic E-state index is 0.00898. The Balaban J connectivity index is 2.02. The number of amides is 3. The van der Waals surface area contributed by atoms with Gasteiger partial charge in [-0.15, -0.1) is 0 Å². The molecular formula is C12H11N3O3. The summed E-state index contributed by atoms with van der Waals surface area (Å²) in [6, 6.07) is 2.03. The minimum Gasteiger partial charge on any atom is -0.321 e. The summed E-state index contributed by atoms with van der Waals surface area (Å²) in [4.78, 5) is 40.1. The largest absolute Gasteiger partial charge is 0.321 e. The number of carbonyl (C=O) groups is 3. The predicted octanol–water partition coefficient (Wildman–Crippen LogP) is -0.157. The lowest BCUT2D eigenvalue weighted by Crippen LogP contribution is -2.52. The first-order valence-electron chi connectivity index (χ1n) is 6.56. The fourth-order valence-electron chi connectivity index (χ4n) is 2.11. The van der Waals surface area contributed by atoms with Crippen LogP contribution in [0.2, 0.25) is 0 Å². The van der Waals surface area contributed by atoms with E-state index in [2.05, 4.69) is 10.3 Å². The molecule has 1 aromatic rings. The minimum atomic E-state index is -2.16. The summed E-state index contributed by atoms with van der Waals surface area (Å²) in [6.07, 6.45) is 1.60. The van der Waals surface area contributed by atoms with Crippen molar-refractivity contribution in [3.63, 3.8) is 0 Å². The Labute approximate surface area is 106 Å². The van der Waals surface area contributed by atoms with Crippen molar-refractivity contribution in [2.75, 3.05) is 0 Å². The fourth-order valence-corrected chi connectivity index (χ4v) is 2.11. The Morgan fingerprint density at radius 1 is 1.44 bits per heavy atom. The molecule has 0 bridgehead atoms. The van der Waals surface area contributed by atoms with E-state index in [0.29, 0.717) is 0 Å². The topological polar surface area (TPSA) is 79.4 Å². The van der Waals surface area contributed by atoms with Gasteiger partial charge in [0.1, 0.15) is 6.04 Å². The lowest BCUT2D eigenvalue weighted by Gasteiger charge is -2.29. The van der Waals surface area contributed by atoms with Crippen LogP contribution < -0.4 is 5.32 Å². The molecule has 0 aliphatic carbocycles. The van der Waals surface area contributed by atoms with Gasteiger partial charge in [0.2, 0.25) is 11.8 Å². The number of nitrogens with one attached hydrogen (secondary N) is 1. The maximum absolute atomic E-state index is 12.3. The van der Waals surface area contributed by atoms with E-state index in [1.54, 1.807) is 6.07 Å². The van der Waals surface area contributed by atoms with Crippen molar-refractivity contribution in [3.8, 4) is 0 Å². The van der Waals surface area contributed by atoms with Crippen LogP contribution in [-0.2, 0) is 16.1 Å². The molecule has 0 radical (unpaired) electrons. The zero-order valence-electron chi connectivity index (χ0n) is 11.3. The van der Waals surface area contributed by atoms with E-state index in [9.17, 15) is 14.4 Å². The van der Waals surface area contributed by atoms with Crippen molar-refractivity contribution >= 4 is 17.7 Å². The zero-order chi connectivity index (χ0) is 14.5. The number of carbonyl (C=O) groups excluding carboxylic acids is 3. The molecule has 6 nitrogen and oxygen atoms in total. The SMILES string of the molecule is [2H]C1([2H])c2ncccc2C(=O)N1C1CCC(=O)NC1=O.